The third-order valence-electron chi connectivity index (χ3n) is 2.50. The van der Waals surface area contributed by atoms with E-state index in [1.165, 1.54) is 6.07 Å². The molecule has 0 aliphatic rings. The Morgan fingerprint density at radius 3 is 2.40 bits per heavy atom. The molecule has 2 rings (SSSR count). The van der Waals surface area contributed by atoms with Gasteiger partial charge in [-0.1, -0.05) is 23.7 Å². The zero-order valence-electron chi connectivity index (χ0n) is 10.3. The van der Waals surface area contributed by atoms with E-state index in [1.54, 1.807) is 24.3 Å². The van der Waals surface area contributed by atoms with Crippen LogP contribution in [0.1, 0.15) is 0 Å². The van der Waals surface area contributed by atoms with Gasteiger partial charge in [0.2, 0.25) is 5.91 Å². The highest BCUT2D eigenvalue weighted by atomic mass is 35.5. The second-order valence-electron chi connectivity index (χ2n) is 4.01. The minimum absolute atomic E-state index is 0.131. The molecule has 20 heavy (non-hydrogen) atoms. The molecule has 0 saturated carbocycles. The first-order chi connectivity index (χ1) is 9.56. The van der Waals surface area contributed by atoms with Crippen molar-refractivity contribution in [3.05, 3.63) is 59.1 Å². The van der Waals surface area contributed by atoms with Crippen LogP contribution in [0.5, 0.6) is 0 Å². The zero-order chi connectivity index (χ0) is 14.5. The van der Waals surface area contributed by atoms with Crippen molar-refractivity contribution in [2.24, 2.45) is 0 Å². The summed E-state index contributed by atoms with van der Waals surface area (Å²) in [4.78, 5) is 11.6. The lowest BCUT2D eigenvalue weighted by molar-refractivity contribution is -0.114. The van der Waals surface area contributed by atoms with Crippen LogP contribution < -0.4 is 10.6 Å². The summed E-state index contributed by atoms with van der Waals surface area (Å²) in [5.74, 6) is -2.20. The molecule has 0 saturated heterocycles. The van der Waals surface area contributed by atoms with E-state index in [-0.39, 0.29) is 6.54 Å². The molecular weight excluding hydrogens is 286 g/mol. The fourth-order valence-electron chi connectivity index (χ4n) is 1.58. The van der Waals surface area contributed by atoms with Gasteiger partial charge in [0.05, 0.1) is 6.54 Å². The van der Waals surface area contributed by atoms with Gasteiger partial charge in [-0.3, -0.25) is 4.79 Å². The lowest BCUT2D eigenvalue weighted by Gasteiger charge is -2.09. The average Bonchev–Trinajstić information content (AvgIpc) is 2.41. The topological polar surface area (TPSA) is 41.1 Å². The van der Waals surface area contributed by atoms with E-state index in [4.69, 9.17) is 11.6 Å². The Balaban J connectivity index is 1.96. The second kappa shape index (κ2) is 6.34. The summed E-state index contributed by atoms with van der Waals surface area (Å²) in [5.41, 5.74) is 0.187. The van der Waals surface area contributed by atoms with Gasteiger partial charge in [-0.05, 0) is 30.3 Å². The number of hydrogen-bond acceptors (Lipinski definition) is 2. The van der Waals surface area contributed by atoms with Crippen molar-refractivity contribution in [3.8, 4) is 0 Å². The van der Waals surface area contributed by atoms with Gasteiger partial charge >= 0.3 is 0 Å². The minimum Gasteiger partial charge on any atom is -0.376 e. The number of carbonyl (C=O) groups excluding carboxylic acids is 1. The van der Waals surface area contributed by atoms with Crippen molar-refractivity contribution in [2.45, 2.75) is 0 Å². The number of amides is 1. The molecule has 0 unspecified atom stereocenters. The van der Waals surface area contributed by atoms with Crippen molar-refractivity contribution in [3.63, 3.8) is 0 Å². The van der Waals surface area contributed by atoms with Gasteiger partial charge in [-0.15, -0.1) is 0 Å². The average molecular weight is 297 g/mol. The van der Waals surface area contributed by atoms with E-state index in [0.29, 0.717) is 10.7 Å². The maximum absolute atomic E-state index is 13.3. The van der Waals surface area contributed by atoms with Crippen molar-refractivity contribution >= 4 is 28.9 Å². The highest BCUT2D eigenvalue weighted by Crippen LogP contribution is 2.18. The highest BCUT2D eigenvalue weighted by molar-refractivity contribution is 6.30. The number of hydrogen-bond donors (Lipinski definition) is 2. The van der Waals surface area contributed by atoms with Gasteiger partial charge in [-0.2, -0.15) is 0 Å². The molecule has 0 aliphatic heterocycles. The van der Waals surface area contributed by atoms with Crippen LogP contribution in [0.4, 0.5) is 20.2 Å². The molecule has 3 nitrogen and oxygen atoms in total. The van der Waals surface area contributed by atoms with E-state index < -0.39 is 23.2 Å². The monoisotopic (exact) mass is 296 g/mol. The molecule has 0 spiro atoms. The molecule has 0 heterocycles. The maximum Gasteiger partial charge on any atom is 0.243 e. The van der Waals surface area contributed by atoms with Crippen LogP contribution in [0, 0.1) is 11.6 Å². The SMILES string of the molecule is O=C(CNc1cccc(Cl)c1)Nc1c(F)cccc1F. The Bertz CT molecular complexity index is 614. The normalized spacial score (nSPS) is 10.2. The highest BCUT2D eigenvalue weighted by Gasteiger charge is 2.11. The van der Waals surface area contributed by atoms with Crippen molar-refractivity contribution in [2.75, 3.05) is 17.2 Å². The molecule has 0 aromatic heterocycles. The summed E-state index contributed by atoms with van der Waals surface area (Å²) in [6.07, 6.45) is 0. The van der Waals surface area contributed by atoms with Crippen molar-refractivity contribution in [1.29, 1.82) is 0 Å². The number of benzene rings is 2. The molecule has 2 N–H and O–H groups in total. The van der Waals surface area contributed by atoms with E-state index >= 15 is 0 Å². The van der Waals surface area contributed by atoms with Gasteiger partial charge in [0.25, 0.3) is 0 Å². The quantitative estimate of drug-likeness (QED) is 0.904. The second-order valence-corrected chi connectivity index (χ2v) is 4.45. The number of rotatable bonds is 4. The molecule has 0 atom stereocenters. The van der Waals surface area contributed by atoms with Gasteiger partial charge in [0.1, 0.15) is 17.3 Å². The van der Waals surface area contributed by atoms with Crippen LogP contribution in [0.25, 0.3) is 0 Å². The predicted molar refractivity (Wildman–Crippen MR) is 74.9 cm³/mol. The molecule has 2 aromatic rings. The summed E-state index contributed by atoms with van der Waals surface area (Å²) < 4.78 is 26.7. The first-order valence-corrected chi connectivity index (χ1v) is 6.17. The smallest absolute Gasteiger partial charge is 0.243 e. The van der Waals surface area contributed by atoms with Crippen LogP contribution in [-0.2, 0) is 4.79 Å². The van der Waals surface area contributed by atoms with E-state index in [9.17, 15) is 13.6 Å². The Morgan fingerprint density at radius 2 is 1.75 bits per heavy atom. The Morgan fingerprint density at radius 1 is 1.10 bits per heavy atom. The molecule has 104 valence electrons. The molecule has 2 aromatic carbocycles. The van der Waals surface area contributed by atoms with Crippen molar-refractivity contribution in [1.82, 2.24) is 0 Å². The summed E-state index contributed by atoms with van der Waals surface area (Å²) >= 11 is 5.79. The van der Waals surface area contributed by atoms with Crippen LogP contribution in [-0.4, -0.2) is 12.5 Å². The Kier molecular flexibility index (Phi) is 4.53. The third-order valence-corrected chi connectivity index (χ3v) is 2.74. The standard InChI is InChI=1S/C14H11ClF2N2O/c15-9-3-1-4-10(7-9)18-8-13(20)19-14-11(16)5-2-6-12(14)17/h1-7,18H,8H2,(H,19,20). The van der Waals surface area contributed by atoms with E-state index in [2.05, 4.69) is 10.6 Å². The first-order valence-electron chi connectivity index (χ1n) is 5.79. The summed E-state index contributed by atoms with van der Waals surface area (Å²) in [6.45, 7) is -0.131. The number of para-hydroxylation sites is 1. The molecule has 0 radical (unpaired) electrons. The maximum atomic E-state index is 13.3. The van der Waals surface area contributed by atoms with Crippen molar-refractivity contribution < 1.29 is 13.6 Å². The van der Waals surface area contributed by atoms with Crippen LogP contribution in [0.2, 0.25) is 5.02 Å². The molecule has 0 bridgehead atoms. The Hall–Kier alpha value is -2.14. The molecule has 0 fully saturated rings. The molecule has 0 aliphatic carbocycles. The number of carbonyl (C=O) groups is 1. The number of anilines is 2. The van der Waals surface area contributed by atoms with Gasteiger partial charge < -0.3 is 10.6 Å². The summed E-state index contributed by atoms with van der Waals surface area (Å²) in [7, 11) is 0. The third kappa shape index (κ3) is 3.68. The van der Waals surface area contributed by atoms with E-state index in [0.717, 1.165) is 12.1 Å². The van der Waals surface area contributed by atoms with Crippen LogP contribution in [0.3, 0.4) is 0 Å². The van der Waals surface area contributed by atoms with Gasteiger partial charge in [-0.25, -0.2) is 8.78 Å². The Labute approximate surface area is 119 Å². The lowest BCUT2D eigenvalue weighted by atomic mass is 10.3. The fourth-order valence-corrected chi connectivity index (χ4v) is 1.77. The zero-order valence-corrected chi connectivity index (χ0v) is 11.0. The van der Waals surface area contributed by atoms with Gasteiger partial charge in [0, 0.05) is 10.7 Å². The predicted octanol–water partition coefficient (Wildman–Crippen LogP) is 3.67. The lowest BCUT2D eigenvalue weighted by Crippen LogP contribution is -2.22. The van der Waals surface area contributed by atoms with E-state index in [1.807, 2.05) is 0 Å². The molecule has 1 amide bonds. The summed E-state index contributed by atoms with van der Waals surface area (Å²) in [6, 6.07) is 10.2. The molecular formula is C14H11ClF2N2O. The largest absolute Gasteiger partial charge is 0.376 e. The fraction of sp³-hybridized carbons (Fsp3) is 0.0714. The van der Waals surface area contributed by atoms with Crippen LogP contribution in [0.15, 0.2) is 42.5 Å². The summed E-state index contributed by atoms with van der Waals surface area (Å²) in [5, 5.41) is 5.51. The first kappa shape index (κ1) is 14.3. The number of nitrogens with one attached hydrogen (secondary N) is 2. The van der Waals surface area contributed by atoms with Gasteiger partial charge in [0.15, 0.2) is 0 Å². The molecule has 6 heteroatoms. The number of halogens is 3. The van der Waals surface area contributed by atoms with Crippen LogP contribution >= 0.6 is 11.6 Å². The minimum atomic E-state index is -0.818.